The predicted molar refractivity (Wildman–Crippen MR) is 538 cm³/mol. The number of carboxylic acids is 1. The normalized spacial score (nSPS) is 17.4. The predicted octanol–water partition coefficient (Wildman–Crippen LogP) is 16.0. The van der Waals surface area contributed by atoms with E-state index in [0.717, 1.165) is 158 Å². The molecule has 16 heterocycles. The van der Waals surface area contributed by atoms with E-state index in [2.05, 4.69) is 68.6 Å². The molecule has 12 aromatic rings. The standard InChI is InChI=1S/C27H33N5O5.C25H27N5O4.C22H25N5O3.C20H28N4O4.C7H7NO2.C3H4O2/c1-17-15-18(10-11-28-17)24(33)30-25-29-20-8-9-21-23(36-14-13-35-21)22(20)32(25)19-7-5-6-12-31(16-19)26(34)37-27(2,3)4;1-3-21(31)29-11-5-4-6-18(15-29)30-22-19(7-8-20-23(22)34-13-12-33-20)27-25(30)28-24(32)17-9-10-26-16(2)14-17;1-14-12-15(7-9-24-14)21(28)26-22-25-17-5-6-18-20(30-11-10-29-18)19(17)27(22)16-4-2-3-8-23-13-16;1-20(2,3)28-19(25)23-9-5-4-6-13(12-23)24-16-14(22-18(24)21)7-8-15-17(16)27-11-10-26-15;1-5-4-6(7(9)10)2-3-8-5;1-2-5-3-4/h8-11,15,19H,5-7,12-14,16H2,1-4H3,(H,29,30,33);3,7-10,14,18H,1,4-6,11-13,15H2,2H3,(H,27,28,32);5-7,9,12,16,23H,2-4,8,10-11,13H2,1H3,(H,25,26,28);7-8,13H,4-6,9-12H2,1-3H3,(H2,21,22);2-4H,1H3,(H,9,10);2-3H,1H2/t19-;18-;16-;13-;;/m1111../s1. The minimum atomic E-state index is -0.912. The quantitative estimate of drug-likeness (QED) is 0.0255. The summed E-state index contributed by atoms with van der Waals surface area (Å²) < 4.78 is 70.4. The number of aromatic carboxylic acids is 1. The number of likely N-dealkylation sites (tertiary alicyclic amines) is 3. The van der Waals surface area contributed by atoms with Gasteiger partial charge in [0.05, 0.1) is 52.0 Å². The number of nitrogens with one attached hydrogen (secondary N) is 4. The minimum Gasteiger partial charge on any atom is -0.486 e. The van der Waals surface area contributed by atoms with Gasteiger partial charge in [-0.05, 0) is 250 Å². The number of imidazole rings is 4. The summed E-state index contributed by atoms with van der Waals surface area (Å²) in [4.78, 5) is 137. The van der Waals surface area contributed by atoms with Crippen LogP contribution < -0.4 is 64.9 Å². The SMILES string of the molecule is C=CC(=O)N1CCCC[C@@H](n2c(NC(=O)c3ccnc(C)c3)nc3ccc4c(c32)OCCO4)C1.C=COC=O.CC(C)(C)OC(=O)N1CCCC[C@@H](n2c(N)nc3ccc4c(c32)OCCO4)C1.Cc1cc(C(=O)Nc2nc3ccc4c(c3n2[C@@H]2CCCCN(C(=O)OC(C)(C)C)C2)OCCO4)ccn1.Cc1cc(C(=O)Nc2nc3ccc4c(c3n2[C@@H]2CCCCNC2)OCCO4)ccn1.Cc1cc(C(=O)O)ccn1. The molecule has 144 heavy (non-hydrogen) atoms. The van der Waals surface area contributed by atoms with Crippen LogP contribution in [0.3, 0.4) is 0 Å². The van der Waals surface area contributed by atoms with Gasteiger partial charge in [0.2, 0.25) is 29.7 Å². The number of pyridine rings is 4. The van der Waals surface area contributed by atoms with Crippen molar-refractivity contribution in [1.29, 1.82) is 0 Å². The third-order valence-electron chi connectivity index (χ3n) is 24.6. The molecule has 8 aromatic heterocycles. The Morgan fingerprint density at radius 2 is 0.743 bits per heavy atom. The number of hydrogen-bond acceptors (Lipinski definition) is 29. The number of amides is 6. The summed E-state index contributed by atoms with van der Waals surface area (Å²) in [6.07, 6.45) is 19.4. The number of benzene rings is 4. The fraction of sp³-hybridized carbons (Fsp3) is 0.423. The summed E-state index contributed by atoms with van der Waals surface area (Å²) in [6, 6.07) is 28.2. The second-order valence-electron chi connectivity index (χ2n) is 37.5. The summed E-state index contributed by atoms with van der Waals surface area (Å²) in [5.74, 6) is 5.30. The number of ether oxygens (including phenoxy) is 11. The van der Waals surface area contributed by atoms with Crippen LogP contribution in [-0.2, 0) is 23.8 Å². The fourth-order valence-corrected chi connectivity index (χ4v) is 18.3. The Kier molecular flexibility index (Phi) is 33.4. The molecule has 20 rings (SSSR count). The van der Waals surface area contributed by atoms with Crippen LogP contribution in [0.1, 0.15) is 207 Å². The molecule has 4 fully saturated rings. The van der Waals surface area contributed by atoms with Gasteiger partial charge in [-0.2, -0.15) is 0 Å². The van der Waals surface area contributed by atoms with Gasteiger partial charge in [0.25, 0.3) is 24.2 Å². The van der Waals surface area contributed by atoms with E-state index in [-0.39, 0.29) is 65.5 Å². The van der Waals surface area contributed by atoms with E-state index in [1.165, 1.54) is 24.4 Å². The molecule has 40 nitrogen and oxygen atoms in total. The lowest BCUT2D eigenvalue weighted by Gasteiger charge is -2.30. The Hall–Kier alpha value is -15.6. The Morgan fingerprint density at radius 3 is 1.08 bits per heavy atom. The minimum absolute atomic E-state index is 0.00274. The van der Waals surface area contributed by atoms with Crippen molar-refractivity contribution in [2.75, 3.05) is 127 Å². The zero-order valence-corrected chi connectivity index (χ0v) is 82.8. The molecule has 760 valence electrons. The third kappa shape index (κ3) is 25.3. The molecule has 0 bridgehead atoms. The van der Waals surface area contributed by atoms with Gasteiger partial charge in [0.15, 0.2) is 46.0 Å². The van der Waals surface area contributed by atoms with E-state index in [1.54, 1.807) is 76.6 Å². The third-order valence-corrected chi connectivity index (χ3v) is 24.6. The van der Waals surface area contributed by atoms with Crippen LogP contribution >= 0.6 is 0 Å². The number of aromatic nitrogens is 12. The first kappa shape index (κ1) is 103. The second kappa shape index (κ2) is 46.8. The lowest BCUT2D eigenvalue weighted by Crippen LogP contribution is -2.39. The van der Waals surface area contributed by atoms with Crippen LogP contribution in [0.15, 0.2) is 147 Å². The number of rotatable bonds is 14. The van der Waals surface area contributed by atoms with Crippen LogP contribution in [0, 0.1) is 27.7 Å². The van der Waals surface area contributed by atoms with Crippen molar-refractivity contribution in [1.82, 2.24) is 78.2 Å². The zero-order chi connectivity index (χ0) is 102. The van der Waals surface area contributed by atoms with Crippen molar-refractivity contribution in [2.45, 2.75) is 182 Å². The average molecular weight is 1970 g/mol. The summed E-state index contributed by atoms with van der Waals surface area (Å²) >= 11 is 0. The van der Waals surface area contributed by atoms with Crippen molar-refractivity contribution in [2.24, 2.45) is 0 Å². The molecular weight excluding hydrogens is 1850 g/mol. The number of nitrogens with two attached hydrogens (primary N) is 1. The van der Waals surface area contributed by atoms with Crippen LogP contribution in [0.5, 0.6) is 46.0 Å². The molecule has 0 saturated carbocycles. The number of nitrogen functional groups attached to an aromatic ring is 1. The van der Waals surface area contributed by atoms with Crippen LogP contribution in [-0.4, -0.2) is 243 Å². The van der Waals surface area contributed by atoms with Gasteiger partial charge in [-0.25, -0.2) is 34.3 Å². The second-order valence-corrected chi connectivity index (χ2v) is 37.5. The van der Waals surface area contributed by atoms with Crippen molar-refractivity contribution >= 4 is 116 Å². The molecular formula is C104H124N20O20. The number of fused-ring (bicyclic) bond motifs is 12. The first-order valence-corrected chi connectivity index (χ1v) is 48.5. The lowest BCUT2D eigenvalue weighted by molar-refractivity contribution is -0.126. The van der Waals surface area contributed by atoms with E-state index in [1.807, 2.05) is 125 Å². The van der Waals surface area contributed by atoms with E-state index in [9.17, 15) is 33.6 Å². The van der Waals surface area contributed by atoms with Gasteiger partial charge >= 0.3 is 18.2 Å². The highest BCUT2D eigenvalue weighted by Gasteiger charge is 2.38. The van der Waals surface area contributed by atoms with E-state index < -0.39 is 17.2 Å². The van der Waals surface area contributed by atoms with E-state index in [0.29, 0.717) is 190 Å². The fourth-order valence-electron chi connectivity index (χ4n) is 18.3. The molecule has 7 N–H and O–H groups in total. The van der Waals surface area contributed by atoms with Gasteiger partial charge in [-0.1, -0.05) is 19.6 Å². The van der Waals surface area contributed by atoms with Crippen molar-refractivity contribution in [3.8, 4) is 46.0 Å². The molecule has 4 aromatic carbocycles. The molecule has 4 saturated heterocycles. The molecule has 8 aliphatic rings. The highest BCUT2D eigenvalue weighted by atomic mass is 16.6. The van der Waals surface area contributed by atoms with Crippen molar-refractivity contribution in [3.63, 3.8) is 0 Å². The van der Waals surface area contributed by atoms with E-state index >= 15 is 0 Å². The number of carboxylic acid groups (broad SMARTS) is 1. The molecule has 0 spiro atoms. The highest BCUT2D eigenvalue weighted by Crippen LogP contribution is 2.47. The maximum atomic E-state index is 13.2. The van der Waals surface area contributed by atoms with Gasteiger partial charge in [0.1, 0.15) is 86.1 Å². The Morgan fingerprint density at radius 1 is 0.424 bits per heavy atom. The number of hydrogen-bond donors (Lipinski definition) is 6. The largest absolute Gasteiger partial charge is 0.486 e. The lowest BCUT2D eigenvalue weighted by atomic mass is 10.1. The number of carbonyl (C=O) groups is 8. The van der Waals surface area contributed by atoms with Crippen LogP contribution in [0.2, 0.25) is 0 Å². The summed E-state index contributed by atoms with van der Waals surface area (Å²) in [5, 5.41) is 21.0. The Labute approximate surface area is 832 Å². The highest BCUT2D eigenvalue weighted by molar-refractivity contribution is 6.07. The average Bonchev–Trinajstić information content (AvgIpc) is 1.62. The smallest absolute Gasteiger partial charge is 0.410 e. The number of anilines is 4. The molecule has 40 heteroatoms. The summed E-state index contributed by atoms with van der Waals surface area (Å²) in [5.41, 5.74) is 16.2. The maximum absolute atomic E-state index is 13.2. The molecule has 0 aliphatic carbocycles. The van der Waals surface area contributed by atoms with Crippen LogP contribution in [0.4, 0.5) is 33.4 Å². The molecule has 0 radical (unpaired) electrons. The van der Waals surface area contributed by atoms with Crippen molar-refractivity contribution < 1.29 is 95.6 Å². The van der Waals surface area contributed by atoms with Gasteiger partial charge in [-0.15, -0.1) is 0 Å². The Bertz CT molecular complexity index is 6680. The first-order chi connectivity index (χ1) is 69.4. The topological polar surface area (TPSA) is 465 Å². The van der Waals surface area contributed by atoms with Gasteiger partial charge in [0, 0.05) is 116 Å². The van der Waals surface area contributed by atoms with Gasteiger partial charge < -0.3 is 101 Å². The molecule has 0 unspecified atom stereocenters. The van der Waals surface area contributed by atoms with Crippen LogP contribution in [0.25, 0.3) is 44.1 Å². The number of nitrogens with zero attached hydrogens (tertiary/aromatic N) is 15. The summed E-state index contributed by atoms with van der Waals surface area (Å²) in [6.45, 7) is 34.6. The number of carbonyl (C=O) groups excluding carboxylic acids is 7. The van der Waals surface area contributed by atoms with E-state index in [4.69, 9.17) is 78.0 Å². The first-order valence-electron chi connectivity index (χ1n) is 48.5. The zero-order valence-electron chi connectivity index (χ0n) is 82.8. The molecule has 4 atom stereocenters. The number of aryl methyl sites for hydroxylation is 4. The van der Waals surface area contributed by atoms with Gasteiger partial charge in [-0.3, -0.25) is 59.9 Å². The molecule has 8 aliphatic heterocycles. The monoisotopic (exact) mass is 1970 g/mol. The maximum Gasteiger partial charge on any atom is 0.410 e. The molecule has 6 amide bonds. The van der Waals surface area contributed by atoms with Crippen molar-refractivity contribution in [3.05, 3.63) is 192 Å². The Balaban J connectivity index is 0.000000138. The summed E-state index contributed by atoms with van der Waals surface area (Å²) in [7, 11) is 0.